The number of allylic oxidation sites excluding steroid dienone is 4. The van der Waals surface area contributed by atoms with E-state index in [2.05, 4.69) is 189 Å². The summed E-state index contributed by atoms with van der Waals surface area (Å²) in [7, 11) is 0. The van der Waals surface area contributed by atoms with Gasteiger partial charge in [-0.15, -0.1) is 0 Å². The van der Waals surface area contributed by atoms with E-state index in [1.54, 1.807) is 0 Å². The number of rotatable bonds is 6. The molecule has 0 radical (unpaired) electrons. The first-order valence-corrected chi connectivity index (χ1v) is 19.0. The zero-order valence-electron chi connectivity index (χ0n) is 30.5. The number of hydrogen-bond donors (Lipinski definition) is 0. The summed E-state index contributed by atoms with van der Waals surface area (Å²) in [5.74, 6) is 2.16. The molecule has 0 fully saturated rings. The minimum absolute atomic E-state index is 0.0563. The topological polar surface area (TPSA) is 38.7 Å². The van der Waals surface area contributed by atoms with Gasteiger partial charge >= 0.3 is 0 Å². The minimum Gasteiger partial charge on any atom is -0.212 e. The van der Waals surface area contributed by atoms with Crippen LogP contribution in [0.1, 0.15) is 24.2 Å². The van der Waals surface area contributed by atoms with Crippen LogP contribution in [0.2, 0.25) is 0 Å². The summed E-state index contributed by atoms with van der Waals surface area (Å²) in [6.07, 6.45) is 6.70. The maximum absolute atomic E-state index is 5.27. The molecule has 1 aliphatic carbocycles. The molecule has 3 nitrogen and oxygen atoms in total. The molecule has 1 aromatic heterocycles. The van der Waals surface area contributed by atoms with Gasteiger partial charge in [-0.1, -0.05) is 183 Å². The summed E-state index contributed by atoms with van der Waals surface area (Å²) in [5, 5.41) is 7.67. The lowest BCUT2D eigenvalue weighted by molar-refractivity contribution is 0.616. The first-order valence-electron chi connectivity index (χ1n) is 19.0. The van der Waals surface area contributed by atoms with Crippen LogP contribution in [0.4, 0.5) is 0 Å². The fourth-order valence-electron chi connectivity index (χ4n) is 8.28. The van der Waals surface area contributed by atoms with Crippen molar-refractivity contribution in [2.75, 3.05) is 0 Å². The van der Waals surface area contributed by atoms with Gasteiger partial charge < -0.3 is 0 Å². The quantitative estimate of drug-likeness (QED) is 0.162. The Kier molecular flexibility index (Phi) is 8.18. The Labute approximate surface area is 321 Å². The molecule has 0 N–H and O–H groups in total. The van der Waals surface area contributed by atoms with Crippen molar-refractivity contribution in [2.45, 2.75) is 12.8 Å². The summed E-state index contributed by atoms with van der Waals surface area (Å²) in [6.45, 7) is 2.30. The SMILES string of the molecule is CC1C(c2ccc3c4ccccc4c4ccccc4c3c2)=CC=CC1c1nc(-c2cccc(-c3ccccc3)c2)nc(-c2cccc(-c3ccccc3)c2)n1. The zero-order chi connectivity index (χ0) is 36.7. The highest BCUT2D eigenvalue weighted by Gasteiger charge is 2.28. The van der Waals surface area contributed by atoms with E-state index in [1.165, 1.54) is 43.5 Å². The molecule has 2 atom stereocenters. The third kappa shape index (κ3) is 6.00. The van der Waals surface area contributed by atoms with Crippen molar-refractivity contribution in [1.82, 2.24) is 15.0 Å². The number of benzene rings is 8. The van der Waals surface area contributed by atoms with E-state index in [0.717, 1.165) is 39.2 Å². The lowest BCUT2D eigenvalue weighted by atomic mass is 9.79. The molecular weight excluding hydrogens is 667 g/mol. The van der Waals surface area contributed by atoms with Crippen LogP contribution >= 0.6 is 0 Å². The molecule has 1 aliphatic rings. The van der Waals surface area contributed by atoms with Gasteiger partial charge in [0.15, 0.2) is 11.6 Å². The van der Waals surface area contributed by atoms with E-state index in [0.29, 0.717) is 11.6 Å². The minimum atomic E-state index is -0.0563. The molecule has 2 unspecified atom stereocenters. The molecule has 8 aromatic carbocycles. The van der Waals surface area contributed by atoms with E-state index in [4.69, 9.17) is 15.0 Å². The van der Waals surface area contributed by atoms with Gasteiger partial charge in [0.2, 0.25) is 0 Å². The molecule has 1 heterocycles. The van der Waals surface area contributed by atoms with E-state index in [1.807, 2.05) is 12.1 Å². The molecule has 0 bridgehead atoms. The van der Waals surface area contributed by atoms with Gasteiger partial charge in [0.05, 0.1) is 0 Å². The van der Waals surface area contributed by atoms with Crippen LogP contribution in [0.3, 0.4) is 0 Å². The highest BCUT2D eigenvalue weighted by atomic mass is 15.0. The molecule has 9 aromatic rings. The molecule has 0 spiro atoms. The average molecular weight is 704 g/mol. The first-order chi connectivity index (χ1) is 27.2. The Morgan fingerprint density at radius 3 is 1.36 bits per heavy atom. The molecule has 3 heteroatoms. The Morgan fingerprint density at radius 2 is 0.818 bits per heavy atom. The second-order valence-corrected chi connectivity index (χ2v) is 14.4. The average Bonchev–Trinajstić information content (AvgIpc) is 3.27. The molecule has 0 saturated heterocycles. The summed E-state index contributed by atoms with van der Waals surface area (Å²) in [5.41, 5.74) is 8.97. The molecule has 0 aliphatic heterocycles. The number of nitrogens with zero attached hydrogens (tertiary/aromatic N) is 3. The first kappa shape index (κ1) is 32.7. The Balaban J connectivity index is 1.09. The molecule has 0 saturated carbocycles. The van der Waals surface area contributed by atoms with Crippen molar-refractivity contribution in [2.24, 2.45) is 5.92 Å². The molecule has 10 rings (SSSR count). The summed E-state index contributed by atoms with van der Waals surface area (Å²) in [6, 6.07) is 62.5. The second kappa shape index (κ2) is 13.8. The van der Waals surface area contributed by atoms with Gasteiger partial charge in [-0.3, -0.25) is 0 Å². The molecule has 55 heavy (non-hydrogen) atoms. The Morgan fingerprint density at radius 1 is 0.364 bits per heavy atom. The maximum Gasteiger partial charge on any atom is 0.163 e. The van der Waals surface area contributed by atoms with E-state index < -0.39 is 0 Å². The van der Waals surface area contributed by atoms with Gasteiger partial charge in [0.1, 0.15) is 5.82 Å². The van der Waals surface area contributed by atoms with Crippen LogP contribution in [0.5, 0.6) is 0 Å². The van der Waals surface area contributed by atoms with Crippen molar-refractivity contribution in [3.8, 4) is 45.0 Å². The number of aromatic nitrogens is 3. The van der Waals surface area contributed by atoms with Crippen LogP contribution < -0.4 is 0 Å². The van der Waals surface area contributed by atoms with Gasteiger partial charge in [0.25, 0.3) is 0 Å². The Hall–Kier alpha value is -6.97. The van der Waals surface area contributed by atoms with Crippen LogP contribution in [0.25, 0.3) is 82.9 Å². The normalized spacial score (nSPS) is 15.4. The standard InChI is InChI=1S/C52H37N3/c1-34-42(39-29-30-48-46-25-9-8-23-44(46)45-24-10-11-26-47(45)49(48)33-39)27-14-28-43(34)52-54-50(40-21-12-19-37(31-40)35-15-4-2-5-16-35)53-51(55-52)41-22-13-20-38(32-41)36-17-6-3-7-18-36/h2-34,43H,1H3. The van der Waals surface area contributed by atoms with Gasteiger partial charge in [-0.25, -0.2) is 15.0 Å². The fourth-order valence-corrected chi connectivity index (χ4v) is 8.28. The predicted octanol–water partition coefficient (Wildman–Crippen LogP) is 13.4. The second-order valence-electron chi connectivity index (χ2n) is 14.4. The van der Waals surface area contributed by atoms with Crippen LogP contribution in [-0.4, -0.2) is 15.0 Å². The zero-order valence-corrected chi connectivity index (χ0v) is 30.5. The van der Waals surface area contributed by atoms with Crippen molar-refractivity contribution in [1.29, 1.82) is 0 Å². The highest BCUT2D eigenvalue weighted by molar-refractivity contribution is 6.25. The lowest BCUT2D eigenvalue weighted by Gasteiger charge is -2.27. The predicted molar refractivity (Wildman–Crippen MR) is 230 cm³/mol. The van der Waals surface area contributed by atoms with Crippen LogP contribution in [0.15, 0.2) is 194 Å². The van der Waals surface area contributed by atoms with Gasteiger partial charge in [-0.05, 0) is 89.8 Å². The third-order valence-corrected chi connectivity index (χ3v) is 11.1. The highest BCUT2D eigenvalue weighted by Crippen LogP contribution is 2.42. The summed E-state index contributed by atoms with van der Waals surface area (Å²) < 4.78 is 0. The molecular formula is C52H37N3. The monoisotopic (exact) mass is 703 g/mol. The number of fused-ring (bicyclic) bond motifs is 6. The maximum atomic E-state index is 5.27. The lowest BCUT2D eigenvalue weighted by Crippen LogP contribution is -2.17. The van der Waals surface area contributed by atoms with E-state index in [9.17, 15) is 0 Å². The smallest absolute Gasteiger partial charge is 0.163 e. The largest absolute Gasteiger partial charge is 0.212 e. The van der Waals surface area contributed by atoms with Crippen molar-refractivity contribution in [3.63, 3.8) is 0 Å². The molecule has 260 valence electrons. The van der Waals surface area contributed by atoms with Gasteiger partial charge in [-0.2, -0.15) is 0 Å². The number of hydrogen-bond acceptors (Lipinski definition) is 3. The van der Waals surface area contributed by atoms with Gasteiger partial charge in [0, 0.05) is 17.0 Å². The van der Waals surface area contributed by atoms with E-state index in [-0.39, 0.29) is 11.8 Å². The van der Waals surface area contributed by atoms with E-state index >= 15 is 0 Å². The third-order valence-electron chi connectivity index (χ3n) is 11.1. The Bertz CT molecular complexity index is 2810. The molecule has 0 amide bonds. The van der Waals surface area contributed by atoms with Crippen molar-refractivity contribution < 1.29 is 0 Å². The van der Waals surface area contributed by atoms with Crippen LogP contribution in [0, 0.1) is 5.92 Å². The summed E-state index contributed by atoms with van der Waals surface area (Å²) >= 11 is 0. The van der Waals surface area contributed by atoms with Crippen LogP contribution in [-0.2, 0) is 0 Å². The fraction of sp³-hybridized carbons (Fsp3) is 0.0577. The van der Waals surface area contributed by atoms with Crippen molar-refractivity contribution >= 4 is 37.9 Å². The summed E-state index contributed by atoms with van der Waals surface area (Å²) in [4.78, 5) is 15.7. The van der Waals surface area contributed by atoms with Crippen molar-refractivity contribution in [3.05, 3.63) is 206 Å².